The number of aromatic nitrogens is 1. The highest BCUT2D eigenvalue weighted by atomic mass is 19.4. The number of ether oxygens (including phenoxy) is 1. The zero-order valence-corrected chi connectivity index (χ0v) is 19.2. The van der Waals surface area contributed by atoms with Gasteiger partial charge in [0.05, 0.1) is 11.1 Å². The van der Waals surface area contributed by atoms with Crippen molar-refractivity contribution in [2.24, 2.45) is 5.73 Å². The van der Waals surface area contributed by atoms with Crippen molar-refractivity contribution >= 4 is 5.69 Å². The number of pyridine rings is 1. The lowest BCUT2D eigenvalue weighted by molar-refractivity contribution is -0.137. The lowest BCUT2D eigenvalue weighted by atomic mass is 9.95. The molecule has 0 aliphatic heterocycles. The first-order valence-electron chi connectivity index (χ1n) is 11.2. The standard InChI is InChI=1S/C28H23F3N4O/c29-28(30,31)27-23(7-4-8-25(27)21-5-2-1-3-6-21)17-35-24-10-9-22(14-33)26(12-24)36-18-20-11-19(13-32)15-34-16-20/h1-12,15-16,35H,14,17-18,33H2. The molecule has 0 unspecified atom stereocenters. The molecule has 0 spiro atoms. The molecule has 0 atom stereocenters. The van der Waals surface area contributed by atoms with Crippen LogP contribution in [-0.2, 0) is 25.9 Å². The third kappa shape index (κ3) is 5.82. The molecular formula is C28H23F3N4O. The minimum Gasteiger partial charge on any atom is -0.488 e. The highest BCUT2D eigenvalue weighted by Crippen LogP contribution is 2.39. The topological polar surface area (TPSA) is 84.0 Å². The Hall–Kier alpha value is -4.35. The maximum Gasteiger partial charge on any atom is 0.417 e. The fraction of sp³-hybridized carbons (Fsp3) is 0.143. The minimum atomic E-state index is -4.52. The van der Waals surface area contributed by atoms with E-state index >= 15 is 0 Å². The molecule has 182 valence electrons. The van der Waals surface area contributed by atoms with Crippen LogP contribution < -0.4 is 15.8 Å². The highest BCUT2D eigenvalue weighted by molar-refractivity contribution is 5.70. The van der Waals surface area contributed by atoms with Crippen LogP contribution in [0.2, 0.25) is 0 Å². The van der Waals surface area contributed by atoms with Gasteiger partial charge in [0.2, 0.25) is 0 Å². The average molecular weight is 489 g/mol. The Labute approximate surface area is 207 Å². The monoisotopic (exact) mass is 488 g/mol. The number of nitrogens with two attached hydrogens (primary N) is 1. The quantitative estimate of drug-likeness (QED) is 0.305. The van der Waals surface area contributed by atoms with Crippen LogP contribution in [0.4, 0.5) is 18.9 Å². The van der Waals surface area contributed by atoms with E-state index in [0.29, 0.717) is 28.1 Å². The third-order valence-electron chi connectivity index (χ3n) is 5.61. The van der Waals surface area contributed by atoms with Crippen LogP contribution in [0, 0.1) is 11.3 Å². The number of anilines is 1. The van der Waals surface area contributed by atoms with Gasteiger partial charge in [-0.2, -0.15) is 18.4 Å². The molecule has 36 heavy (non-hydrogen) atoms. The van der Waals surface area contributed by atoms with E-state index in [1.165, 1.54) is 18.3 Å². The average Bonchev–Trinajstić information content (AvgIpc) is 2.90. The predicted octanol–water partition coefficient (Wildman–Crippen LogP) is 6.29. The molecule has 1 heterocycles. The maximum atomic E-state index is 14.1. The summed E-state index contributed by atoms with van der Waals surface area (Å²) < 4.78 is 48.2. The summed E-state index contributed by atoms with van der Waals surface area (Å²) in [7, 11) is 0. The predicted molar refractivity (Wildman–Crippen MR) is 132 cm³/mol. The summed E-state index contributed by atoms with van der Waals surface area (Å²) in [5.74, 6) is 0.499. The van der Waals surface area contributed by atoms with Gasteiger partial charge in [-0.15, -0.1) is 0 Å². The minimum absolute atomic E-state index is 0.0366. The summed E-state index contributed by atoms with van der Waals surface area (Å²) in [4.78, 5) is 4.02. The van der Waals surface area contributed by atoms with E-state index in [9.17, 15) is 13.2 Å². The van der Waals surface area contributed by atoms with Gasteiger partial charge in [0.15, 0.2) is 0 Å². The number of hydrogen-bond donors (Lipinski definition) is 2. The molecule has 8 heteroatoms. The second-order valence-electron chi connectivity index (χ2n) is 8.07. The lowest BCUT2D eigenvalue weighted by Gasteiger charge is -2.19. The van der Waals surface area contributed by atoms with Gasteiger partial charge in [0.25, 0.3) is 0 Å². The molecule has 0 aliphatic carbocycles. The maximum absolute atomic E-state index is 14.1. The fourth-order valence-corrected chi connectivity index (χ4v) is 3.89. The van der Waals surface area contributed by atoms with Gasteiger partial charge in [-0.25, -0.2) is 0 Å². The molecular weight excluding hydrogens is 465 g/mol. The van der Waals surface area contributed by atoms with E-state index in [1.807, 2.05) is 6.07 Å². The molecule has 4 aromatic rings. The van der Waals surface area contributed by atoms with Gasteiger partial charge >= 0.3 is 6.18 Å². The van der Waals surface area contributed by atoms with E-state index in [4.69, 9.17) is 15.7 Å². The molecule has 0 amide bonds. The van der Waals surface area contributed by atoms with Crippen LogP contribution in [0.5, 0.6) is 5.75 Å². The first-order valence-corrected chi connectivity index (χ1v) is 11.2. The Morgan fingerprint density at radius 2 is 1.75 bits per heavy atom. The van der Waals surface area contributed by atoms with Crippen LogP contribution in [0.3, 0.4) is 0 Å². The van der Waals surface area contributed by atoms with E-state index in [0.717, 1.165) is 5.56 Å². The summed E-state index contributed by atoms with van der Waals surface area (Å²) in [6.45, 7) is 0.352. The third-order valence-corrected chi connectivity index (χ3v) is 5.61. The summed E-state index contributed by atoms with van der Waals surface area (Å²) in [5.41, 5.74) is 8.41. The molecule has 1 aromatic heterocycles. The van der Waals surface area contributed by atoms with Gasteiger partial charge < -0.3 is 15.8 Å². The first-order chi connectivity index (χ1) is 17.4. The van der Waals surface area contributed by atoms with Crippen LogP contribution in [-0.4, -0.2) is 4.98 Å². The summed E-state index contributed by atoms with van der Waals surface area (Å²) in [6, 6.07) is 22.1. The largest absolute Gasteiger partial charge is 0.488 e. The SMILES string of the molecule is N#Cc1cncc(COc2cc(NCc3cccc(-c4ccccc4)c3C(F)(F)F)ccc2CN)c1. The number of benzene rings is 3. The molecule has 4 rings (SSSR count). The van der Waals surface area contributed by atoms with Crippen molar-refractivity contribution in [3.05, 3.63) is 113 Å². The van der Waals surface area contributed by atoms with Crippen molar-refractivity contribution in [1.29, 1.82) is 5.26 Å². The van der Waals surface area contributed by atoms with Crippen molar-refractivity contribution in [2.45, 2.75) is 25.9 Å². The number of hydrogen-bond acceptors (Lipinski definition) is 5. The Kier molecular flexibility index (Phi) is 7.52. The number of halogens is 3. The normalized spacial score (nSPS) is 11.1. The highest BCUT2D eigenvalue weighted by Gasteiger charge is 2.36. The smallest absolute Gasteiger partial charge is 0.417 e. The molecule has 0 bridgehead atoms. The molecule has 3 N–H and O–H groups in total. The molecule has 3 aromatic carbocycles. The van der Waals surface area contributed by atoms with E-state index < -0.39 is 11.7 Å². The van der Waals surface area contributed by atoms with E-state index in [-0.39, 0.29) is 30.8 Å². The zero-order chi connectivity index (χ0) is 25.5. The van der Waals surface area contributed by atoms with Gasteiger partial charge in [0.1, 0.15) is 18.4 Å². The van der Waals surface area contributed by atoms with Crippen molar-refractivity contribution in [1.82, 2.24) is 4.98 Å². The number of nitriles is 1. The Balaban J connectivity index is 1.57. The van der Waals surface area contributed by atoms with Crippen LogP contribution in [0.1, 0.15) is 27.8 Å². The number of alkyl halides is 3. The Morgan fingerprint density at radius 1 is 0.944 bits per heavy atom. The van der Waals surface area contributed by atoms with Crippen LogP contribution >= 0.6 is 0 Å². The van der Waals surface area contributed by atoms with Gasteiger partial charge in [-0.3, -0.25) is 4.98 Å². The lowest BCUT2D eigenvalue weighted by Crippen LogP contribution is -2.14. The molecule has 0 fully saturated rings. The second-order valence-corrected chi connectivity index (χ2v) is 8.07. The van der Waals surface area contributed by atoms with Gasteiger partial charge in [0, 0.05) is 48.4 Å². The number of nitrogens with one attached hydrogen (secondary N) is 1. The first kappa shape index (κ1) is 24.8. The molecule has 0 radical (unpaired) electrons. The molecule has 5 nitrogen and oxygen atoms in total. The van der Waals surface area contributed by atoms with Crippen molar-refractivity contribution < 1.29 is 17.9 Å². The van der Waals surface area contributed by atoms with Gasteiger partial charge in [-0.05, 0) is 28.8 Å². The Morgan fingerprint density at radius 3 is 2.47 bits per heavy atom. The van der Waals surface area contributed by atoms with Crippen molar-refractivity contribution in [2.75, 3.05) is 5.32 Å². The Bertz CT molecular complexity index is 1380. The van der Waals surface area contributed by atoms with E-state index in [1.54, 1.807) is 66.9 Å². The molecule has 0 saturated carbocycles. The summed E-state index contributed by atoms with van der Waals surface area (Å²) >= 11 is 0. The zero-order valence-electron chi connectivity index (χ0n) is 19.2. The summed E-state index contributed by atoms with van der Waals surface area (Å²) in [5, 5.41) is 12.1. The van der Waals surface area contributed by atoms with Crippen LogP contribution in [0.25, 0.3) is 11.1 Å². The molecule has 0 aliphatic rings. The fourth-order valence-electron chi connectivity index (χ4n) is 3.89. The number of rotatable bonds is 8. The van der Waals surface area contributed by atoms with Crippen molar-refractivity contribution in [3.63, 3.8) is 0 Å². The van der Waals surface area contributed by atoms with E-state index in [2.05, 4.69) is 10.3 Å². The van der Waals surface area contributed by atoms with Crippen LogP contribution in [0.15, 0.2) is 85.2 Å². The number of nitrogens with zero attached hydrogens (tertiary/aromatic N) is 2. The van der Waals surface area contributed by atoms with Crippen molar-refractivity contribution in [3.8, 4) is 22.9 Å². The molecule has 0 saturated heterocycles. The van der Waals surface area contributed by atoms with Gasteiger partial charge in [-0.1, -0.05) is 54.6 Å². The second kappa shape index (κ2) is 10.9. The summed E-state index contributed by atoms with van der Waals surface area (Å²) in [6.07, 6.45) is -1.46.